The summed E-state index contributed by atoms with van der Waals surface area (Å²) in [5, 5.41) is 12.2. The molecule has 0 unspecified atom stereocenters. The van der Waals surface area contributed by atoms with Crippen molar-refractivity contribution < 1.29 is 18.7 Å². The summed E-state index contributed by atoms with van der Waals surface area (Å²) in [6, 6.07) is 0. The van der Waals surface area contributed by atoms with Gasteiger partial charge in [-0.25, -0.2) is 13.6 Å². The fourth-order valence-electron chi connectivity index (χ4n) is 1.18. The Balaban J connectivity index is 3.13. The highest BCUT2D eigenvalue weighted by Crippen LogP contribution is 2.22. The Labute approximate surface area is 79.2 Å². The van der Waals surface area contributed by atoms with Crippen LogP contribution < -0.4 is 0 Å². The molecule has 0 aliphatic heterocycles. The van der Waals surface area contributed by atoms with E-state index in [-0.39, 0.29) is 0 Å². The topological polar surface area (TPSA) is 55.1 Å². The van der Waals surface area contributed by atoms with Gasteiger partial charge in [-0.3, -0.25) is 4.68 Å². The zero-order chi connectivity index (χ0) is 10.7. The number of nitrogens with zero attached hydrogens (tertiary/aromatic N) is 2. The molecule has 6 heteroatoms. The predicted molar refractivity (Wildman–Crippen MR) is 44.4 cm³/mol. The first-order chi connectivity index (χ1) is 6.57. The predicted octanol–water partition coefficient (Wildman–Crippen LogP) is 1.93. The summed E-state index contributed by atoms with van der Waals surface area (Å²) >= 11 is 0. The molecular formula is C8H10F2N2O2. The second kappa shape index (κ2) is 4.17. The summed E-state index contributed by atoms with van der Waals surface area (Å²) in [6.07, 6.45) is -1.23. The summed E-state index contributed by atoms with van der Waals surface area (Å²) in [5.41, 5.74) is -0.937. The average Bonchev–Trinajstić information content (AvgIpc) is 2.48. The van der Waals surface area contributed by atoms with Crippen molar-refractivity contribution in [3.05, 3.63) is 17.5 Å². The minimum Gasteiger partial charge on any atom is -0.478 e. The summed E-state index contributed by atoms with van der Waals surface area (Å²) in [7, 11) is 0. The highest BCUT2D eigenvalue weighted by molar-refractivity contribution is 5.88. The number of carbonyl (C=O) groups is 1. The van der Waals surface area contributed by atoms with E-state index in [9.17, 15) is 13.6 Å². The number of rotatable bonds is 4. The molecule has 0 saturated carbocycles. The van der Waals surface area contributed by atoms with Crippen molar-refractivity contribution >= 4 is 5.97 Å². The molecule has 1 rings (SSSR count). The summed E-state index contributed by atoms with van der Waals surface area (Å²) < 4.78 is 26.0. The van der Waals surface area contributed by atoms with E-state index >= 15 is 0 Å². The van der Waals surface area contributed by atoms with Gasteiger partial charge < -0.3 is 5.11 Å². The normalized spacial score (nSPS) is 10.9. The molecule has 0 aliphatic rings. The van der Waals surface area contributed by atoms with Crippen LogP contribution in [0.5, 0.6) is 0 Å². The second-order valence-corrected chi connectivity index (χ2v) is 2.77. The first-order valence-electron chi connectivity index (χ1n) is 4.15. The molecule has 78 valence electrons. The number of aromatic nitrogens is 2. The standard InChI is InChI=1S/C8H10F2N2O2/c1-2-3-12-6(7(9)10)5(4-11-12)8(13)14/h4,7H,2-3H2,1H3,(H,13,14). The van der Waals surface area contributed by atoms with E-state index < -0.39 is 23.7 Å². The first-order valence-corrected chi connectivity index (χ1v) is 4.15. The number of hydrogen-bond donors (Lipinski definition) is 1. The van der Waals surface area contributed by atoms with Gasteiger partial charge in [0, 0.05) is 6.54 Å². The van der Waals surface area contributed by atoms with Gasteiger partial charge in [-0.05, 0) is 6.42 Å². The van der Waals surface area contributed by atoms with Crippen LogP contribution in [0.1, 0.15) is 35.8 Å². The van der Waals surface area contributed by atoms with Crippen LogP contribution in [-0.4, -0.2) is 20.9 Å². The Kier molecular flexibility index (Phi) is 3.16. The zero-order valence-corrected chi connectivity index (χ0v) is 7.57. The lowest BCUT2D eigenvalue weighted by Crippen LogP contribution is -2.08. The number of alkyl halides is 2. The smallest absolute Gasteiger partial charge is 0.339 e. The van der Waals surface area contributed by atoms with Crippen LogP contribution >= 0.6 is 0 Å². The molecule has 0 atom stereocenters. The Bertz CT molecular complexity index is 336. The SMILES string of the molecule is CCCn1ncc(C(=O)O)c1C(F)F. The highest BCUT2D eigenvalue weighted by atomic mass is 19.3. The zero-order valence-electron chi connectivity index (χ0n) is 7.57. The van der Waals surface area contributed by atoms with E-state index in [1.165, 1.54) is 0 Å². The summed E-state index contributed by atoms with van der Waals surface area (Å²) in [5.74, 6) is -1.37. The molecule has 0 saturated heterocycles. The number of carboxylic acids is 1. The molecule has 1 aromatic rings. The molecule has 0 bridgehead atoms. The van der Waals surface area contributed by atoms with Crippen molar-refractivity contribution in [3.63, 3.8) is 0 Å². The molecule has 0 fully saturated rings. The van der Waals surface area contributed by atoms with E-state index in [2.05, 4.69) is 5.10 Å². The van der Waals surface area contributed by atoms with Gasteiger partial charge in [0.1, 0.15) is 11.3 Å². The lowest BCUT2D eigenvalue weighted by atomic mass is 10.2. The van der Waals surface area contributed by atoms with Crippen molar-refractivity contribution in [3.8, 4) is 0 Å². The maximum absolute atomic E-state index is 12.5. The lowest BCUT2D eigenvalue weighted by molar-refractivity contribution is 0.0682. The number of carboxylic acid groups (broad SMARTS) is 1. The first kappa shape index (κ1) is 10.6. The van der Waals surface area contributed by atoms with E-state index in [0.717, 1.165) is 10.9 Å². The lowest BCUT2D eigenvalue weighted by Gasteiger charge is -2.05. The van der Waals surface area contributed by atoms with Gasteiger partial charge in [0.05, 0.1) is 6.20 Å². The molecule has 1 aromatic heterocycles. The van der Waals surface area contributed by atoms with Crippen LogP contribution in [0.15, 0.2) is 6.20 Å². The van der Waals surface area contributed by atoms with Crippen LogP contribution in [0.4, 0.5) is 8.78 Å². The molecule has 0 aliphatic carbocycles. The third kappa shape index (κ3) is 1.89. The molecule has 0 amide bonds. The van der Waals surface area contributed by atoms with Crippen molar-refractivity contribution in [2.24, 2.45) is 0 Å². The van der Waals surface area contributed by atoms with Gasteiger partial charge in [-0.15, -0.1) is 0 Å². The Morgan fingerprint density at radius 3 is 2.79 bits per heavy atom. The quantitative estimate of drug-likeness (QED) is 0.815. The second-order valence-electron chi connectivity index (χ2n) is 2.77. The van der Waals surface area contributed by atoms with Crippen LogP contribution in [0.2, 0.25) is 0 Å². The number of aromatic carboxylic acids is 1. The Morgan fingerprint density at radius 1 is 1.71 bits per heavy atom. The third-order valence-corrected chi connectivity index (χ3v) is 1.75. The number of halogens is 2. The maximum atomic E-state index is 12.5. The molecule has 1 heterocycles. The largest absolute Gasteiger partial charge is 0.478 e. The van der Waals surface area contributed by atoms with E-state index in [4.69, 9.17) is 5.11 Å². The summed E-state index contributed by atoms with van der Waals surface area (Å²) in [4.78, 5) is 10.6. The van der Waals surface area contributed by atoms with Crippen LogP contribution in [0, 0.1) is 0 Å². The minimum atomic E-state index is -2.81. The Morgan fingerprint density at radius 2 is 2.36 bits per heavy atom. The third-order valence-electron chi connectivity index (χ3n) is 1.75. The molecule has 0 aromatic carbocycles. The van der Waals surface area contributed by atoms with Gasteiger partial charge in [0.15, 0.2) is 0 Å². The fraction of sp³-hybridized carbons (Fsp3) is 0.500. The molecule has 14 heavy (non-hydrogen) atoms. The minimum absolute atomic E-state index is 0.299. The highest BCUT2D eigenvalue weighted by Gasteiger charge is 2.23. The van der Waals surface area contributed by atoms with Gasteiger partial charge in [0.2, 0.25) is 0 Å². The van der Waals surface area contributed by atoms with E-state index in [1.807, 2.05) is 0 Å². The number of aryl methyl sites for hydroxylation is 1. The fourth-order valence-corrected chi connectivity index (χ4v) is 1.18. The van der Waals surface area contributed by atoms with Crippen LogP contribution in [-0.2, 0) is 6.54 Å². The molecule has 0 spiro atoms. The van der Waals surface area contributed by atoms with Gasteiger partial charge in [0.25, 0.3) is 6.43 Å². The molecule has 4 nitrogen and oxygen atoms in total. The average molecular weight is 204 g/mol. The van der Waals surface area contributed by atoms with Crippen molar-refractivity contribution in [1.82, 2.24) is 9.78 Å². The molecular weight excluding hydrogens is 194 g/mol. The van der Waals surface area contributed by atoms with Crippen LogP contribution in [0.3, 0.4) is 0 Å². The van der Waals surface area contributed by atoms with Crippen LogP contribution in [0.25, 0.3) is 0 Å². The van der Waals surface area contributed by atoms with Gasteiger partial charge in [-0.1, -0.05) is 6.92 Å². The maximum Gasteiger partial charge on any atom is 0.339 e. The Hall–Kier alpha value is -1.46. The summed E-state index contributed by atoms with van der Waals surface area (Å²) in [6.45, 7) is 2.10. The van der Waals surface area contributed by atoms with Crippen molar-refractivity contribution in [1.29, 1.82) is 0 Å². The monoisotopic (exact) mass is 204 g/mol. The molecule has 1 N–H and O–H groups in total. The van der Waals surface area contributed by atoms with E-state index in [1.54, 1.807) is 6.92 Å². The van der Waals surface area contributed by atoms with Gasteiger partial charge in [-0.2, -0.15) is 5.10 Å². The van der Waals surface area contributed by atoms with Crippen molar-refractivity contribution in [2.45, 2.75) is 26.3 Å². The van der Waals surface area contributed by atoms with E-state index in [0.29, 0.717) is 13.0 Å². The molecule has 0 radical (unpaired) electrons. The van der Waals surface area contributed by atoms with Gasteiger partial charge >= 0.3 is 5.97 Å². The van der Waals surface area contributed by atoms with Crippen molar-refractivity contribution in [2.75, 3.05) is 0 Å². The number of hydrogen-bond acceptors (Lipinski definition) is 2.